The second-order valence-electron chi connectivity index (χ2n) is 5.95. The Morgan fingerprint density at radius 3 is 2.31 bits per heavy atom. The van der Waals surface area contributed by atoms with Crippen LogP contribution in [0.4, 0.5) is 0 Å². The molecule has 1 aliphatic carbocycles. The monoisotopic (exact) mass is 224 g/mol. The van der Waals surface area contributed by atoms with Crippen LogP contribution in [-0.4, -0.2) is 37.6 Å². The van der Waals surface area contributed by atoms with Gasteiger partial charge in [0.1, 0.15) is 0 Å². The SMILES string of the molecule is CCC1CCC(CNC2CCN(C)C2)CC1. The van der Waals surface area contributed by atoms with Crippen LogP contribution in [0.2, 0.25) is 0 Å². The molecule has 0 amide bonds. The first-order chi connectivity index (χ1) is 7.78. The molecule has 0 aromatic carbocycles. The summed E-state index contributed by atoms with van der Waals surface area (Å²) in [5.74, 6) is 2.00. The predicted molar refractivity (Wildman–Crippen MR) is 69.6 cm³/mol. The molecule has 2 nitrogen and oxygen atoms in total. The lowest BCUT2D eigenvalue weighted by molar-refractivity contribution is 0.256. The molecule has 2 rings (SSSR count). The highest BCUT2D eigenvalue weighted by atomic mass is 15.2. The van der Waals surface area contributed by atoms with Crippen molar-refractivity contribution < 1.29 is 0 Å². The Balaban J connectivity index is 1.60. The van der Waals surface area contributed by atoms with Crippen molar-refractivity contribution in [1.29, 1.82) is 0 Å². The summed E-state index contributed by atoms with van der Waals surface area (Å²) in [4.78, 5) is 2.44. The smallest absolute Gasteiger partial charge is 0.0207 e. The summed E-state index contributed by atoms with van der Waals surface area (Å²) < 4.78 is 0. The van der Waals surface area contributed by atoms with Gasteiger partial charge in [0.15, 0.2) is 0 Å². The van der Waals surface area contributed by atoms with E-state index in [1.807, 2.05) is 0 Å². The molecule has 2 heteroatoms. The molecule has 0 aromatic heterocycles. The predicted octanol–water partition coefficient (Wildman–Crippen LogP) is 2.50. The topological polar surface area (TPSA) is 15.3 Å². The zero-order valence-electron chi connectivity index (χ0n) is 11.0. The summed E-state index contributed by atoms with van der Waals surface area (Å²) in [5, 5.41) is 3.77. The van der Waals surface area contributed by atoms with E-state index in [0.717, 1.165) is 17.9 Å². The lowest BCUT2D eigenvalue weighted by Crippen LogP contribution is -2.36. The molecule has 0 radical (unpaired) electrons. The molecular formula is C14H28N2. The van der Waals surface area contributed by atoms with Crippen LogP contribution in [-0.2, 0) is 0 Å². The van der Waals surface area contributed by atoms with E-state index >= 15 is 0 Å². The lowest BCUT2D eigenvalue weighted by Gasteiger charge is -2.28. The Morgan fingerprint density at radius 1 is 1.06 bits per heavy atom. The molecule has 0 spiro atoms. The molecule has 0 bridgehead atoms. The molecule has 2 aliphatic rings. The van der Waals surface area contributed by atoms with Gasteiger partial charge in [-0.25, -0.2) is 0 Å². The fourth-order valence-electron chi connectivity index (χ4n) is 3.28. The fraction of sp³-hybridized carbons (Fsp3) is 1.00. The van der Waals surface area contributed by atoms with Gasteiger partial charge in [-0.2, -0.15) is 0 Å². The summed E-state index contributed by atoms with van der Waals surface area (Å²) in [6.07, 6.45) is 8.64. The van der Waals surface area contributed by atoms with Crippen LogP contribution in [0, 0.1) is 11.8 Å². The average molecular weight is 224 g/mol. The van der Waals surface area contributed by atoms with Gasteiger partial charge >= 0.3 is 0 Å². The normalized spacial score (nSPS) is 36.8. The lowest BCUT2D eigenvalue weighted by atomic mass is 9.81. The maximum atomic E-state index is 3.77. The molecule has 94 valence electrons. The van der Waals surface area contributed by atoms with Crippen LogP contribution < -0.4 is 5.32 Å². The number of hydrogen-bond acceptors (Lipinski definition) is 2. The van der Waals surface area contributed by atoms with Crippen molar-refractivity contribution in [2.24, 2.45) is 11.8 Å². The van der Waals surface area contributed by atoms with E-state index in [1.165, 1.54) is 58.2 Å². The van der Waals surface area contributed by atoms with Gasteiger partial charge in [0.25, 0.3) is 0 Å². The first kappa shape index (κ1) is 12.4. The number of likely N-dealkylation sites (tertiary alicyclic amines) is 1. The second-order valence-corrected chi connectivity index (χ2v) is 5.95. The number of nitrogens with zero attached hydrogens (tertiary/aromatic N) is 1. The van der Waals surface area contributed by atoms with Crippen molar-refractivity contribution in [1.82, 2.24) is 10.2 Å². The Bertz CT molecular complexity index is 197. The van der Waals surface area contributed by atoms with Gasteiger partial charge in [0.2, 0.25) is 0 Å². The molecule has 1 saturated carbocycles. The van der Waals surface area contributed by atoms with Crippen molar-refractivity contribution in [3.63, 3.8) is 0 Å². The van der Waals surface area contributed by atoms with Crippen molar-refractivity contribution in [2.75, 3.05) is 26.7 Å². The summed E-state index contributed by atoms with van der Waals surface area (Å²) >= 11 is 0. The third kappa shape index (κ3) is 3.46. The van der Waals surface area contributed by atoms with E-state index in [1.54, 1.807) is 0 Å². The first-order valence-electron chi connectivity index (χ1n) is 7.19. The highest BCUT2D eigenvalue weighted by molar-refractivity contribution is 4.81. The van der Waals surface area contributed by atoms with E-state index in [-0.39, 0.29) is 0 Å². The van der Waals surface area contributed by atoms with Crippen LogP contribution in [0.25, 0.3) is 0 Å². The zero-order chi connectivity index (χ0) is 11.4. The summed E-state index contributed by atoms with van der Waals surface area (Å²) in [6.45, 7) is 6.15. The molecule has 1 atom stereocenters. The van der Waals surface area contributed by atoms with Crippen molar-refractivity contribution in [3.05, 3.63) is 0 Å². The molecular weight excluding hydrogens is 196 g/mol. The van der Waals surface area contributed by atoms with Crippen molar-refractivity contribution in [3.8, 4) is 0 Å². The third-order valence-electron chi connectivity index (χ3n) is 4.63. The Kier molecular flexibility index (Phi) is 4.66. The van der Waals surface area contributed by atoms with Crippen LogP contribution >= 0.6 is 0 Å². The summed E-state index contributed by atoms with van der Waals surface area (Å²) in [5.41, 5.74) is 0. The largest absolute Gasteiger partial charge is 0.312 e. The number of hydrogen-bond donors (Lipinski definition) is 1. The molecule has 1 saturated heterocycles. The third-order valence-corrected chi connectivity index (χ3v) is 4.63. The van der Waals surface area contributed by atoms with Gasteiger partial charge < -0.3 is 10.2 Å². The van der Waals surface area contributed by atoms with Crippen molar-refractivity contribution >= 4 is 0 Å². The minimum atomic E-state index is 0.772. The highest BCUT2D eigenvalue weighted by Gasteiger charge is 2.23. The minimum absolute atomic E-state index is 0.772. The van der Waals surface area contributed by atoms with Gasteiger partial charge in [0, 0.05) is 12.6 Å². The van der Waals surface area contributed by atoms with Crippen molar-refractivity contribution in [2.45, 2.75) is 51.5 Å². The standard InChI is InChI=1S/C14H28N2/c1-3-12-4-6-13(7-5-12)10-15-14-8-9-16(2)11-14/h12-15H,3-11H2,1-2H3. The first-order valence-corrected chi connectivity index (χ1v) is 7.19. The molecule has 1 heterocycles. The quantitative estimate of drug-likeness (QED) is 0.789. The molecule has 1 unspecified atom stereocenters. The highest BCUT2D eigenvalue weighted by Crippen LogP contribution is 2.30. The van der Waals surface area contributed by atoms with Crippen LogP contribution in [0.5, 0.6) is 0 Å². The van der Waals surface area contributed by atoms with Crippen LogP contribution in [0.15, 0.2) is 0 Å². The maximum absolute atomic E-state index is 3.77. The molecule has 2 fully saturated rings. The average Bonchev–Trinajstić information content (AvgIpc) is 2.73. The number of nitrogens with one attached hydrogen (secondary N) is 1. The van der Waals surface area contributed by atoms with Gasteiger partial charge in [0.05, 0.1) is 0 Å². The molecule has 16 heavy (non-hydrogen) atoms. The Hall–Kier alpha value is -0.0800. The van der Waals surface area contributed by atoms with Gasteiger partial charge in [-0.05, 0) is 51.2 Å². The number of rotatable bonds is 4. The molecule has 1 aliphatic heterocycles. The van der Waals surface area contributed by atoms with E-state index in [0.29, 0.717) is 0 Å². The van der Waals surface area contributed by atoms with E-state index < -0.39 is 0 Å². The summed E-state index contributed by atoms with van der Waals surface area (Å²) in [7, 11) is 2.23. The van der Waals surface area contributed by atoms with Gasteiger partial charge in [-0.15, -0.1) is 0 Å². The summed E-state index contributed by atoms with van der Waals surface area (Å²) in [6, 6.07) is 0.772. The zero-order valence-corrected chi connectivity index (χ0v) is 11.0. The van der Waals surface area contributed by atoms with Gasteiger partial charge in [-0.1, -0.05) is 26.2 Å². The molecule has 0 aromatic rings. The van der Waals surface area contributed by atoms with E-state index in [4.69, 9.17) is 0 Å². The maximum Gasteiger partial charge on any atom is 0.0207 e. The Labute approximate surface area is 101 Å². The van der Waals surface area contributed by atoms with Crippen LogP contribution in [0.1, 0.15) is 45.4 Å². The second kappa shape index (κ2) is 6.02. The molecule has 1 N–H and O–H groups in total. The number of likely N-dealkylation sites (N-methyl/N-ethyl adjacent to an activating group) is 1. The van der Waals surface area contributed by atoms with E-state index in [9.17, 15) is 0 Å². The van der Waals surface area contributed by atoms with Gasteiger partial charge in [-0.3, -0.25) is 0 Å². The minimum Gasteiger partial charge on any atom is -0.312 e. The Morgan fingerprint density at radius 2 is 1.75 bits per heavy atom. The fourth-order valence-corrected chi connectivity index (χ4v) is 3.28. The van der Waals surface area contributed by atoms with Crippen LogP contribution in [0.3, 0.4) is 0 Å². The van der Waals surface area contributed by atoms with E-state index in [2.05, 4.69) is 24.2 Å².